The van der Waals surface area contributed by atoms with Gasteiger partial charge in [0.15, 0.2) is 0 Å². The number of amides is 1. The summed E-state index contributed by atoms with van der Waals surface area (Å²) in [5.41, 5.74) is 1.70. The number of rotatable bonds is 3. The maximum atomic E-state index is 11.9. The number of hydrogen-bond acceptors (Lipinski definition) is 4. The summed E-state index contributed by atoms with van der Waals surface area (Å²) in [5, 5.41) is 12.8. The Morgan fingerprint density at radius 1 is 1.42 bits per heavy atom. The van der Waals surface area contributed by atoms with Crippen LogP contribution in [0.5, 0.6) is 0 Å². The standard InChI is InChI=1S/C12H9BrN2O3S/c1-6-3-2-4-7(9(6)13)14-10(16)8-5-19-11(15-8)12(17)18/h2-5H,1H3,(H,14,16)(H,17,18). The molecule has 0 unspecified atom stereocenters. The van der Waals surface area contributed by atoms with Crippen molar-refractivity contribution in [2.24, 2.45) is 0 Å². The fourth-order valence-corrected chi connectivity index (χ4v) is 2.40. The van der Waals surface area contributed by atoms with E-state index in [1.54, 1.807) is 6.07 Å². The van der Waals surface area contributed by atoms with Gasteiger partial charge < -0.3 is 10.4 Å². The summed E-state index contributed by atoms with van der Waals surface area (Å²) in [6.45, 7) is 1.91. The molecule has 2 rings (SSSR count). The van der Waals surface area contributed by atoms with Gasteiger partial charge in [-0.15, -0.1) is 11.3 Å². The number of nitrogens with zero attached hydrogens (tertiary/aromatic N) is 1. The van der Waals surface area contributed by atoms with Crippen LogP contribution in [0.2, 0.25) is 0 Å². The van der Waals surface area contributed by atoms with Crippen molar-refractivity contribution in [2.75, 3.05) is 5.32 Å². The fourth-order valence-electron chi connectivity index (χ4n) is 1.41. The van der Waals surface area contributed by atoms with Gasteiger partial charge in [0.25, 0.3) is 5.91 Å². The Balaban J connectivity index is 2.21. The molecule has 1 aromatic heterocycles. The van der Waals surface area contributed by atoms with Crippen LogP contribution in [0.1, 0.15) is 25.9 Å². The number of carbonyl (C=O) groups excluding carboxylic acids is 1. The SMILES string of the molecule is Cc1cccc(NC(=O)c2csc(C(=O)O)n2)c1Br. The van der Waals surface area contributed by atoms with E-state index >= 15 is 0 Å². The summed E-state index contributed by atoms with van der Waals surface area (Å²) in [5.74, 6) is -1.57. The maximum Gasteiger partial charge on any atom is 0.365 e. The number of aromatic nitrogens is 1. The lowest BCUT2D eigenvalue weighted by atomic mass is 10.2. The molecule has 0 atom stereocenters. The number of aromatic carboxylic acids is 1. The van der Waals surface area contributed by atoms with Gasteiger partial charge in [0, 0.05) is 9.85 Å². The minimum absolute atomic E-state index is 0.0933. The molecule has 0 saturated heterocycles. The van der Waals surface area contributed by atoms with E-state index in [1.165, 1.54) is 5.38 Å². The van der Waals surface area contributed by atoms with Gasteiger partial charge in [-0.25, -0.2) is 9.78 Å². The third-order valence-electron chi connectivity index (χ3n) is 2.36. The zero-order chi connectivity index (χ0) is 14.0. The van der Waals surface area contributed by atoms with Gasteiger partial charge in [-0.05, 0) is 34.5 Å². The molecule has 98 valence electrons. The topological polar surface area (TPSA) is 79.3 Å². The predicted molar refractivity (Wildman–Crippen MR) is 75.9 cm³/mol. The average molecular weight is 341 g/mol. The first-order valence-electron chi connectivity index (χ1n) is 5.24. The molecule has 1 heterocycles. The lowest BCUT2D eigenvalue weighted by molar-refractivity contribution is 0.0696. The highest BCUT2D eigenvalue weighted by Gasteiger charge is 2.15. The Labute approximate surface area is 121 Å². The Bertz CT molecular complexity index is 654. The predicted octanol–water partition coefficient (Wildman–Crippen LogP) is 3.16. The van der Waals surface area contributed by atoms with Crippen LogP contribution >= 0.6 is 27.3 Å². The van der Waals surface area contributed by atoms with Gasteiger partial charge in [-0.3, -0.25) is 4.79 Å². The number of benzene rings is 1. The monoisotopic (exact) mass is 340 g/mol. The Morgan fingerprint density at radius 3 is 2.79 bits per heavy atom. The Kier molecular flexibility index (Phi) is 3.96. The molecule has 0 fully saturated rings. The van der Waals surface area contributed by atoms with Crippen molar-refractivity contribution in [1.82, 2.24) is 4.98 Å². The van der Waals surface area contributed by atoms with Gasteiger partial charge in [0.1, 0.15) is 5.69 Å². The molecule has 0 spiro atoms. The van der Waals surface area contributed by atoms with Crippen LogP contribution in [0.15, 0.2) is 28.1 Å². The lowest BCUT2D eigenvalue weighted by Crippen LogP contribution is -2.13. The molecule has 0 aliphatic heterocycles. The first kappa shape index (κ1) is 13.7. The van der Waals surface area contributed by atoms with Crippen LogP contribution < -0.4 is 5.32 Å². The molecule has 1 aromatic carbocycles. The second-order valence-electron chi connectivity index (χ2n) is 3.73. The van der Waals surface area contributed by atoms with Crippen molar-refractivity contribution < 1.29 is 14.7 Å². The first-order chi connectivity index (χ1) is 8.99. The molecule has 0 radical (unpaired) electrons. The van der Waals surface area contributed by atoms with Crippen molar-refractivity contribution in [3.8, 4) is 0 Å². The highest BCUT2D eigenvalue weighted by molar-refractivity contribution is 9.10. The maximum absolute atomic E-state index is 11.9. The number of carboxylic acid groups (broad SMARTS) is 1. The van der Waals surface area contributed by atoms with Crippen LogP contribution in [0.3, 0.4) is 0 Å². The van der Waals surface area contributed by atoms with E-state index in [0.29, 0.717) is 5.69 Å². The molecule has 7 heteroatoms. The average Bonchev–Trinajstić information content (AvgIpc) is 2.84. The number of halogens is 1. The van der Waals surface area contributed by atoms with Crippen molar-refractivity contribution in [2.45, 2.75) is 6.92 Å². The molecule has 0 saturated carbocycles. The van der Waals surface area contributed by atoms with Crippen LogP contribution in [-0.2, 0) is 0 Å². The molecule has 0 bridgehead atoms. The zero-order valence-electron chi connectivity index (χ0n) is 9.81. The number of thiazole rings is 1. The molecular weight excluding hydrogens is 332 g/mol. The van der Waals surface area contributed by atoms with Crippen molar-refractivity contribution in [3.05, 3.63) is 44.3 Å². The summed E-state index contributed by atoms with van der Waals surface area (Å²) in [7, 11) is 0. The minimum atomic E-state index is -1.14. The summed E-state index contributed by atoms with van der Waals surface area (Å²) in [6.07, 6.45) is 0. The largest absolute Gasteiger partial charge is 0.476 e. The van der Waals surface area contributed by atoms with E-state index in [-0.39, 0.29) is 10.7 Å². The number of hydrogen-bond donors (Lipinski definition) is 2. The number of aryl methyl sites for hydroxylation is 1. The van der Waals surface area contributed by atoms with Crippen LogP contribution in [0, 0.1) is 6.92 Å². The minimum Gasteiger partial charge on any atom is -0.476 e. The van der Waals surface area contributed by atoms with Gasteiger partial charge in [0.05, 0.1) is 5.69 Å². The second kappa shape index (κ2) is 5.50. The van der Waals surface area contributed by atoms with Crippen molar-refractivity contribution in [1.29, 1.82) is 0 Å². The summed E-state index contributed by atoms with van der Waals surface area (Å²) in [4.78, 5) is 26.4. The number of nitrogens with one attached hydrogen (secondary N) is 1. The molecule has 19 heavy (non-hydrogen) atoms. The smallest absolute Gasteiger partial charge is 0.365 e. The van der Waals surface area contributed by atoms with E-state index in [1.807, 2.05) is 19.1 Å². The van der Waals surface area contributed by atoms with Crippen LogP contribution in [0.4, 0.5) is 5.69 Å². The summed E-state index contributed by atoms with van der Waals surface area (Å²) < 4.78 is 0.789. The van der Waals surface area contributed by atoms with Crippen molar-refractivity contribution in [3.63, 3.8) is 0 Å². The van der Waals surface area contributed by atoms with E-state index in [9.17, 15) is 9.59 Å². The van der Waals surface area contributed by atoms with Crippen LogP contribution in [-0.4, -0.2) is 22.0 Å². The van der Waals surface area contributed by atoms with Gasteiger partial charge in [0.2, 0.25) is 5.01 Å². The first-order valence-corrected chi connectivity index (χ1v) is 6.91. The van der Waals surface area contributed by atoms with Gasteiger partial charge >= 0.3 is 5.97 Å². The third-order valence-corrected chi connectivity index (χ3v) is 4.24. The fraction of sp³-hybridized carbons (Fsp3) is 0.0833. The zero-order valence-corrected chi connectivity index (χ0v) is 12.2. The Morgan fingerprint density at radius 2 is 2.16 bits per heavy atom. The molecule has 2 N–H and O–H groups in total. The molecular formula is C12H9BrN2O3S. The molecule has 1 amide bonds. The van der Waals surface area contributed by atoms with E-state index in [2.05, 4.69) is 26.2 Å². The summed E-state index contributed by atoms with van der Waals surface area (Å²) in [6, 6.07) is 5.48. The van der Waals surface area contributed by atoms with E-state index in [0.717, 1.165) is 21.4 Å². The summed E-state index contributed by atoms with van der Waals surface area (Å²) >= 11 is 4.30. The Hall–Kier alpha value is -1.73. The van der Waals surface area contributed by atoms with E-state index < -0.39 is 11.9 Å². The van der Waals surface area contributed by atoms with E-state index in [4.69, 9.17) is 5.11 Å². The highest BCUT2D eigenvalue weighted by atomic mass is 79.9. The molecule has 0 aliphatic rings. The second-order valence-corrected chi connectivity index (χ2v) is 5.38. The van der Waals surface area contributed by atoms with Crippen LogP contribution in [0.25, 0.3) is 0 Å². The number of carbonyl (C=O) groups is 2. The quantitative estimate of drug-likeness (QED) is 0.899. The molecule has 5 nitrogen and oxygen atoms in total. The van der Waals surface area contributed by atoms with Gasteiger partial charge in [-0.1, -0.05) is 12.1 Å². The van der Waals surface area contributed by atoms with Crippen molar-refractivity contribution >= 4 is 44.8 Å². The third kappa shape index (κ3) is 2.99. The highest BCUT2D eigenvalue weighted by Crippen LogP contribution is 2.26. The molecule has 2 aromatic rings. The molecule has 0 aliphatic carbocycles. The normalized spacial score (nSPS) is 10.2. The lowest BCUT2D eigenvalue weighted by Gasteiger charge is -2.07. The number of anilines is 1. The van der Waals surface area contributed by atoms with Gasteiger partial charge in [-0.2, -0.15) is 0 Å². The number of carboxylic acids is 1.